The molecular weight excluding hydrogens is 272 g/mol. The van der Waals surface area contributed by atoms with Gasteiger partial charge in [0.1, 0.15) is 5.69 Å². The van der Waals surface area contributed by atoms with E-state index in [4.69, 9.17) is 0 Å². The minimum Gasteiger partial charge on any atom is -0.594 e. The van der Waals surface area contributed by atoms with Crippen molar-refractivity contribution in [2.45, 2.75) is 0 Å². The standard InChI is InChI=1S/C14H8N4O3/c19-9-15-11-1-3-13(4-2-11)17-18(21)14-7-5-12(6-8-14)16-10-20/h1-8H. The molecular formula is C14H8N4O3. The normalized spacial score (nSPS) is 10.4. The molecule has 102 valence electrons. The third-order valence-corrected chi connectivity index (χ3v) is 2.48. The van der Waals surface area contributed by atoms with E-state index in [1.54, 1.807) is 24.3 Å². The third kappa shape index (κ3) is 3.78. The summed E-state index contributed by atoms with van der Waals surface area (Å²) in [5, 5.41) is 15.7. The molecule has 0 aliphatic heterocycles. The highest BCUT2D eigenvalue weighted by molar-refractivity contribution is 5.53. The van der Waals surface area contributed by atoms with Gasteiger partial charge >= 0.3 is 0 Å². The topological polar surface area (TPSA) is 97.3 Å². The Morgan fingerprint density at radius 2 is 1.19 bits per heavy atom. The molecule has 0 amide bonds. The first kappa shape index (κ1) is 14.0. The molecule has 0 bridgehead atoms. The molecule has 0 aliphatic carbocycles. The molecule has 2 rings (SSSR count). The van der Waals surface area contributed by atoms with Gasteiger partial charge in [0, 0.05) is 17.2 Å². The fraction of sp³-hybridized carbons (Fsp3) is 0. The van der Waals surface area contributed by atoms with Crippen molar-refractivity contribution < 1.29 is 14.4 Å². The number of rotatable bonds is 4. The summed E-state index contributed by atoms with van der Waals surface area (Å²) in [6.45, 7) is 0. The van der Waals surface area contributed by atoms with Gasteiger partial charge in [-0.15, -0.1) is 0 Å². The van der Waals surface area contributed by atoms with Crippen molar-refractivity contribution in [1.82, 2.24) is 0 Å². The summed E-state index contributed by atoms with van der Waals surface area (Å²) in [6.07, 6.45) is 2.83. The molecule has 0 heterocycles. The van der Waals surface area contributed by atoms with Crippen LogP contribution in [0.25, 0.3) is 0 Å². The number of aliphatic imine (C=N–C) groups is 2. The van der Waals surface area contributed by atoms with Gasteiger partial charge in [-0.2, -0.15) is 9.98 Å². The molecule has 0 saturated heterocycles. The number of benzene rings is 2. The van der Waals surface area contributed by atoms with Gasteiger partial charge in [0.05, 0.1) is 11.4 Å². The Hall–Kier alpha value is -3.40. The van der Waals surface area contributed by atoms with Crippen LogP contribution < -0.4 is 0 Å². The van der Waals surface area contributed by atoms with Crippen LogP contribution in [0.1, 0.15) is 0 Å². The van der Waals surface area contributed by atoms with E-state index in [0.717, 1.165) is 0 Å². The molecule has 7 heteroatoms. The first-order valence-electron chi connectivity index (χ1n) is 5.78. The van der Waals surface area contributed by atoms with Crippen molar-refractivity contribution in [2.75, 3.05) is 0 Å². The lowest BCUT2D eigenvalue weighted by Crippen LogP contribution is -1.89. The molecule has 0 aromatic heterocycles. The van der Waals surface area contributed by atoms with Crippen LogP contribution >= 0.6 is 0 Å². The third-order valence-electron chi connectivity index (χ3n) is 2.48. The van der Waals surface area contributed by atoms with Gasteiger partial charge in [0.25, 0.3) is 0 Å². The van der Waals surface area contributed by atoms with E-state index in [1.807, 2.05) is 0 Å². The van der Waals surface area contributed by atoms with E-state index in [0.29, 0.717) is 21.9 Å². The van der Waals surface area contributed by atoms with Crippen molar-refractivity contribution in [3.05, 3.63) is 53.7 Å². The SMILES string of the molecule is O=C=Nc1ccc(N=[N+]([O-])c2ccc(N=C=O)cc2)cc1. The summed E-state index contributed by atoms with van der Waals surface area (Å²) in [4.78, 5) is 27.5. The van der Waals surface area contributed by atoms with Crippen LogP contribution in [-0.2, 0) is 9.59 Å². The van der Waals surface area contributed by atoms with E-state index in [-0.39, 0.29) is 5.69 Å². The molecule has 0 saturated carbocycles. The molecule has 0 N–H and O–H groups in total. The van der Waals surface area contributed by atoms with E-state index in [2.05, 4.69) is 15.1 Å². The van der Waals surface area contributed by atoms with Gasteiger partial charge in [0.15, 0.2) is 0 Å². The average Bonchev–Trinajstić information content (AvgIpc) is 2.50. The van der Waals surface area contributed by atoms with Gasteiger partial charge in [-0.3, -0.25) is 0 Å². The zero-order valence-corrected chi connectivity index (χ0v) is 10.6. The summed E-state index contributed by atoms with van der Waals surface area (Å²) in [6, 6.07) is 12.2. The van der Waals surface area contributed by atoms with Crippen LogP contribution in [0.4, 0.5) is 22.7 Å². The zero-order valence-electron chi connectivity index (χ0n) is 10.6. The van der Waals surface area contributed by atoms with Crippen molar-refractivity contribution >= 4 is 34.9 Å². The predicted octanol–water partition coefficient (Wildman–Crippen LogP) is 3.55. The summed E-state index contributed by atoms with van der Waals surface area (Å²) < 4.78 is 0. The Labute approximate surface area is 119 Å². The second-order valence-corrected chi connectivity index (χ2v) is 3.81. The fourth-order valence-corrected chi connectivity index (χ4v) is 1.52. The highest BCUT2D eigenvalue weighted by Crippen LogP contribution is 2.22. The lowest BCUT2D eigenvalue weighted by molar-refractivity contribution is -0.435. The van der Waals surface area contributed by atoms with Gasteiger partial charge in [-0.25, -0.2) is 9.59 Å². The van der Waals surface area contributed by atoms with Crippen LogP contribution in [0.5, 0.6) is 0 Å². The number of hydrogen-bond acceptors (Lipinski definition) is 6. The number of azo groups is 1. The minimum absolute atomic E-state index is 0.287. The minimum atomic E-state index is 0.287. The van der Waals surface area contributed by atoms with E-state index >= 15 is 0 Å². The maximum Gasteiger partial charge on any atom is 0.245 e. The van der Waals surface area contributed by atoms with E-state index < -0.39 is 0 Å². The molecule has 0 unspecified atom stereocenters. The van der Waals surface area contributed by atoms with Gasteiger partial charge in [-0.05, 0) is 36.4 Å². The Morgan fingerprint density at radius 3 is 1.67 bits per heavy atom. The molecule has 0 atom stereocenters. The highest BCUT2D eigenvalue weighted by atomic mass is 16.5. The van der Waals surface area contributed by atoms with Crippen molar-refractivity contribution in [1.29, 1.82) is 0 Å². The lowest BCUT2D eigenvalue weighted by Gasteiger charge is -2.00. The monoisotopic (exact) mass is 280 g/mol. The molecule has 0 fully saturated rings. The summed E-state index contributed by atoms with van der Waals surface area (Å²) in [7, 11) is 0. The molecule has 2 aromatic carbocycles. The van der Waals surface area contributed by atoms with Crippen molar-refractivity contribution in [3.8, 4) is 0 Å². The zero-order chi connectivity index (χ0) is 15.1. The van der Waals surface area contributed by atoms with E-state index in [9.17, 15) is 14.8 Å². The lowest BCUT2D eigenvalue weighted by atomic mass is 10.3. The maximum atomic E-state index is 11.9. The Balaban J connectivity index is 2.23. The largest absolute Gasteiger partial charge is 0.594 e. The highest BCUT2D eigenvalue weighted by Gasteiger charge is 2.04. The van der Waals surface area contributed by atoms with Crippen LogP contribution in [0.2, 0.25) is 0 Å². The van der Waals surface area contributed by atoms with Crippen LogP contribution in [0, 0.1) is 5.21 Å². The van der Waals surface area contributed by atoms with Crippen LogP contribution in [-0.4, -0.2) is 17.0 Å². The second-order valence-electron chi connectivity index (χ2n) is 3.81. The summed E-state index contributed by atoms with van der Waals surface area (Å²) >= 11 is 0. The second kappa shape index (κ2) is 6.68. The quantitative estimate of drug-likeness (QED) is 0.281. The fourth-order valence-electron chi connectivity index (χ4n) is 1.52. The van der Waals surface area contributed by atoms with Crippen molar-refractivity contribution in [3.63, 3.8) is 0 Å². The van der Waals surface area contributed by atoms with E-state index in [1.165, 1.54) is 36.4 Å². The van der Waals surface area contributed by atoms with Gasteiger partial charge in [-0.1, -0.05) is 4.86 Å². The number of hydrogen-bond donors (Lipinski definition) is 0. The van der Waals surface area contributed by atoms with Gasteiger partial charge in [0.2, 0.25) is 17.8 Å². The first-order chi connectivity index (χ1) is 10.2. The molecule has 2 aromatic rings. The molecule has 0 radical (unpaired) electrons. The Morgan fingerprint density at radius 1 is 0.762 bits per heavy atom. The van der Waals surface area contributed by atoms with Gasteiger partial charge < -0.3 is 5.21 Å². The smallest absolute Gasteiger partial charge is 0.245 e. The van der Waals surface area contributed by atoms with Crippen LogP contribution in [0.15, 0.2) is 63.6 Å². The number of nitrogens with zero attached hydrogens (tertiary/aromatic N) is 4. The molecule has 0 spiro atoms. The summed E-state index contributed by atoms with van der Waals surface area (Å²) in [5.74, 6) is 0. The van der Waals surface area contributed by atoms with Crippen molar-refractivity contribution in [2.24, 2.45) is 15.1 Å². The Kier molecular flexibility index (Phi) is 4.46. The molecule has 21 heavy (non-hydrogen) atoms. The average molecular weight is 280 g/mol. The molecule has 7 nitrogen and oxygen atoms in total. The predicted molar refractivity (Wildman–Crippen MR) is 73.8 cm³/mol. The maximum absolute atomic E-state index is 11.9. The first-order valence-corrected chi connectivity index (χ1v) is 5.78. The number of isocyanates is 2. The Bertz CT molecular complexity index is 754. The van der Waals surface area contributed by atoms with Crippen LogP contribution in [0.3, 0.4) is 0 Å². The number of carbonyl (C=O) groups excluding carboxylic acids is 2. The summed E-state index contributed by atoms with van der Waals surface area (Å²) in [5.41, 5.74) is 1.52. The molecule has 0 aliphatic rings.